The topological polar surface area (TPSA) is 81.4 Å². The van der Waals surface area contributed by atoms with Crippen molar-refractivity contribution in [1.29, 1.82) is 0 Å². The zero-order chi connectivity index (χ0) is 19.8. The minimum Gasteiger partial charge on any atom is -0.496 e. The first-order chi connectivity index (χ1) is 12.6. The Balaban J connectivity index is 1.69. The molecule has 0 saturated heterocycles. The number of aryl methyl sites for hydroxylation is 1. The number of hydrogen-bond donors (Lipinski definition) is 2. The second-order valence-corrected chi connectivity index (χ2v) is 9.40. The Morgan fingerprint density at radius 3 is 2.44 bits per heavy atom. The van der Waals surface area contributed by atoms with Crippen LogP contribution >= 0.6 is 11.6 Å². The van der Waals surface area contributed by atoms with E-state index < -0.39 is 10.2 Å². The molecule has 1 saturated carbocycles. The molecule has 1 fully saturated rings. The van der Waals surface area contributed by atoms with Crippen LogP contribution in [0.1, 0.15) is 37.3 Å². The third-order valence-corrected chi connectivity index (χ3v) is 6.30. The maximum Gasteiger partial charge on any atom is 0.296 e. The molecule has 0 spiro atoms. The Labute approximate surface area is 166 Å². The van der Waals surface area contributed by atoms with Crippen LogP contribution in [-0.4, -0.2) is 15.5 Å². The number of nitrogens with one attached hydrogen (secondary N) is 1. The van der Waals surface area contributed by atoms with E-state index in [-0.39, 0.29) is 5.41 Å². The van der Waals surface area contributed by atoms with Gasteiger partial charge in [-0.3, -0.25) is 4.72 Å². The van der Waals surface area contributed by atoms with Gasteiger partial charge in [0.15, 0.2) is 0 Å². The Morgan fingerprint density at radius 1 is 1.19 bits per heavy atom. The molecule has 0 amide bonds. The third-order valence-electron chi connectivity index (χ3n) is 5.55. The van der Waals surface area contributed by atoms with E-state index >= 15 is 0 Å². The highest BCUT2D eigenvalue weighted by atomic mass is 35.5. The first-order valence-electron chi connectivity index (χ1n) is 8.85. The minimum absolute atomic E-state index is 0.195. The first kappa shape index (κ1) is 20.0. The van der Waals surface area contributed by atoms with Crippen LogP contribution in [0.3, 0.4) is 0 Å². The summed E-state index contributed by atoms with van der Waals surface area (Å²) < 4.78 is 30.0. The van der Waals surface area contributed by atoms with Gasteiger partial charge in [0.05, 0.1) is 7.11 Å². The van der Waals surface area contributed by atoms with E-state index in [9.17, 15) is 8.42 Å². The average Bonchev–Trinajstić information content (AvgIpc) is 3.13. The summed E-state index contributed by atoms with van der Waals surface area (Å²) in [5.74, 6) is 1.84. The van der Waals surface area contributed by atoms with Crippen LogP contribution in [0.2, 0.25) is 5.02 Å². The van der Waals surface area contributed by atoms with Crippen molar-refractivity contribution in [3.05, 3.63) is 58.6 Å². The van der Waals surface area contributed by atoms with Crippen molar-refractivity contribution in [2.75, 3.05) is 11.8 Å². The van der Waals surface area contributed by atoms with Crippen molar-refractivity contribution in [1.82, 2.24) is 0 Å². The zero-order valence-electron chi connectivity index (χ0n) is 15.7. The summed E-state index contributed by atoms with van der Waals surface area (Å²) in [6, 6.07) is 13.2. The molecule has 27 heavy (non-hydrogen) atoms. The standard InChI is InChI=1S/C20H25ClN2O3S/c1-20(2)17(10-6-14-12-15(21)7-11-18(14)26-3)19(20)13-4-8-16(9-5-13)23-27(22,24)25/h4-5,7-9,11-12,17,19,23H,6,10H2,1-3H3,(H2,22,24,25)/t17-,19-/m1/s1. The summed E-state index contributed by atoms with van der Waals surface area (Å²) in [5, 5.41) is 5.73. The number of benzene rings is 2. The Morgan fingerprint density at radius 2 is 1.85 bits per heavy atom. The van der Waals surface area contributed by atoms with Crippen LogP contribution in [0, 0.1) is 11.3 Å². The molecular formula is C20H25ClN2O3S. The summed E-state index contributed by atoms with van der Waals surface area (Å²) >= 11 is 6.13. The van der Waals surface area contributed by atoms with Crippen molar-refractivity contribution < 1.29 is 13.2 Å². The van der Waals surface area contributed by atoms with Gasteiger partial charge in [0.2, 0.25) is 0 Å². The fourth-order valence-corrected chi connectivity index (χ4v) is 4.78. The Bertz CT molecular complexity index is 927. The lowest BCUT2D eigenvalue weighted by molar-refractivity contribution is 0.407. The number of ether oxygens (including phenoxy) is 1. The Hall–Kier alpha value is -1.76. The smallest absolute Gasteiger partial charge is 0.296 e. The fraction of sp³-hybridized carbons (Fsp3) is 0.400. The van der Waals surface area contributed by atoms with Gasteiger partial charge in [-0.25, -0.2) is 5.14 Å². The second kappa shape index (κ2) is 7.34. The zero-order valence-corrected chi connectivity index (χ0v) is 17.3. The predicted molar refractivity (Wildman–Crippen MR) is 110 cm³/mol. The maximum absolute atomic E-state index is 11.1. The largest absolute Gasteiger partial charge is 0.496 e. The van der Waals surface area contributed by atoms with E-state index in [1.807, 2.05) is 30.3 Å². The van der Waals surface area contributed by atoms with E-state index in [0.29, 0.717) is 17.5 Å². The number of anilines is 1. The van der Waals surface area contributed by atoms with Crippen molar-refractivity contribution in [2.45, 2.75) is 32.6 Å². The molecule has 0 radical (unpaired) electrons. The summed E-state index contributed by atoms with van der Waals surface area (Å²) in [5.41, 5.74) is 3.00. The summed E-state index contributed by atoms with van der Waals surface area (Å²) in [7, 11) is -2.08. The highest BCUT2D eigenvalue weighted by Crippen LogP contribution is 2.66. The number of nitrogens with two attached hydrogens (primary N) is 1. The molecule has 1 aliphatic carbocycles. The molecule has 2 aromatic rings. The van der Waals surface area contributed by atoms with Crippen LogP contribution in [0.25, 0.3) is 0 Å². The van der Waals surface area contributed by atoms with Crippen LogP contribution in [0.5, 0.6) is 5.75 Å². The molecule has 2 aromatic carbocycles. The normalized spacial score (nSPS) is 20.9. The highest BCUT2D eigenvalue weighted by molar-refractivity contribution is 7.90. The average molecular weight is 409 g/mol. The molecule has 146 valence electrons. The number of hydrogen-bond acceptors (Lipinski definition) is 3. The molecule has 5 nitrogen and oxygen atoms in total. The van der Waals surface area contributed by atoms with Gasteiger partial charge in [-0.2, -0.15) is 8.42 Å². The highest BCUT2D eigenvalue weighted by Gasteiger charge is 2.57. The minimum atomic E-state index is -3.75. The molecule has 0 heterocycles. The maximum atomic E-state index is 11.1. The predicted octanol–water partition coefficient (Wildman–Crippen LogP) is 4.34. The van der Waals surface area contributed by atoms with Crippen molar-refractivity contribution in [3.63, 3.8) is 0 Å². The summed E-state index contributed by atoms with van der Waals surface area (Å²) in [6.07, 6.45) is 1.94. The van der Waals surface area contributed by atoms with E-state index in [4.69, 9.17) is 21.5 Å². The fourth-order valence-electron chi connectivity index (χ4n) is 4.12. The lowest BCUT2D eigenvalue weighted by Crippen LogP contribution is -2.21. The van der Waals surface area contributed by atoms with Gasteiger partial charge < -0.3 is 4.74 Å². The monoisotopic (exact) mass is 408 g/mol. The van der Waals surface area contributed by atoms with E-state index in [2.05, 4.69) is 18.6 Å². The van der Waals surface area contributed by atoms with Crippen LogP contribution < -0.4 is 14.6 Å². The SMILES string of the molecule is COc1ccc(Cl)cc1CC[C@@H]1[C@@H](c2ccc(NS(N)(=O)=O)cc2)C1(C)C. The molecule has 0 aromatic heterocycles. The second-order valence-electron chi connectivity index (χ2n) is 7.67. The van der Waals surface area contributed by atoms with Gasteiger partial charge in [0, 0.05) is 10.7 Å². The van der Waals surface area contributed by atoms with Crippen LogP contribution in [0.4, 0.5) is 5.69 Å². The van der Waals surface area contributed by atoms with Crippen molar-refractivity contribution in [2.24, 2.45) is 16.5 Å². The van der Waals surface area contributed by atoms with Gasteiger partial charge in [0.1, 0.15) is 5.75 Å². The van der Waals surface area contributed by atoms with Crippen molar-refractivity contribution >= 4 is 27.5 Å². The van der Waals surface area contributed by atoms with E-state index in [1.165, 1.54) is 5.56 Å². The molecule has 0 unspecified atom stereocenters. The van der Waals surface area contributed by atoms with Gasteiger partial charge >= 0.3 is 0 Å². The Kier molecular flexibility index (Phi) is 5.43. The van der Waals surface area contributed by atoms with Crippen LogP contribution in [-0.2, 0) is 16.6 Å². The molecule has 0 aliphatic heterocycles. The van der Waals surface area contributed by atoms with Gasteiger partial charge in [-0.1, -0.05) is 37.6 Å². The molecule has 3 rings (SSSR count). The summed E-state index contributed by atoms with van der Waals surface area (Å²) in [6.45, 7) is 4.54. The van der Waals surface area contributed by atoms with E-state index in [0.717, 1.165) is 29.2 Å². The van der Waals surface area contributed by atoms with Crippen molar-refractivity contribution in [3.8, 4) is 5.75 Å². The number of rotatable bonds is 7. The molecule has 2 atom stereocenters. The molecule has 0 bridgehead atoms. The summed E-state index contributed by atoms with van der Waals surface area (Å²) in [4.78, 5) is 0. The van der Waals surface area contributed by atoms with Gasteiger partial charge in [-0.05, 0) is 71.6 Å². The number of halogens is 1. The first-order valence-corrected chi connectivity index (χ1v) is 10.8. The van der Waals surface area contributed by atoms with Gasteiger partial charge in [-0.15, -0.1) is 0 Å². The lowest BCUT2D eigenvalue weighted by Gasteiger charge is -2.09. The molecule has 1 aliphatic rings. The molecule has 3 N–H and O–H groups in total. The molecule has 7 heteroatoms. The number of methoxy groups -OCH3 is 1. The lowest BCUT2D eigenvalue weighted by atomic mass is 10.0. The van der Waals surface area contributed by atoms with E-state index in [1.54, 1.807) is 19.2 Å². The van der Waals surface area contributed by atoms with Gasteiger partial charge in [0.25, 0.3) is 10.2 Å². The third kappa shape index (κ3) is 4.57. The molecular weight excluding hydrogens is 384 g/mol. The quantitative estimate of drug-likeness (QED) is 0.715. The van der Waals surface area contributed by atoms with Crippen LogP contribution in [0.15, 0.2) is 42.5 Å².